The lowest BCUT2D eigenvalue weighted by Gasteiger charge is -2.31. The first-order valence-electron chi connectivity index (χ1n) is 22.4. The molecule has 0 saturated heterocycles. The summed E-state index contributed by atoms with van der Waals surface area (Å²) >= 11 is 0. The maximum absolute atomic E-state index is 10.8. The number of aliphatic hydroxyl groups excluding tert-OH is 1. The van der Waals surface area contributed by atoms with Gasteiger partial charge in [0.15, 0.2) is 0 Å². The fourth-order valence-corrected chi connectivity index (χ4v) is 7.31. The van der Waals surface area contributed by atoms with Crippen LogP contribution in [0.1, 0.15) is 73.0 Å². The lowest BCUT2D eigenvalue weighted by molar-refractivity contribution is -0.385. The van der Waals surface area contributed by atoms with Gasteiger partial charge in [-0.2, -0.15) is 0 Å². The van der Waals surface area contributed by atoms with Crippen molar-refractivity contribution in [1.29, 1.82) is 0 Å². The van der Waals surface area contributed by atoms with Crippen molar-refractivity contribution >= 4 is 17.1 Å². The second-order valence-corrected chi connectivity index (χ2v) is 16.1. The van der Waals surface area contributed by atoms with E-state index in [0.717, 1.165) is 74.4 Å². The first kappa shape index (κ1) is 51.9. The Kier molecular flexibility index (Phi) is 22.8. The molecular formula is C52H63N7O7. The second-order valence-electron chi connectivity index (χ2n) is 16.1. The van der Waals surface area contributed by atoms with Crippen LogP contribution in [0, 0.1) is 30.3 Å². The van der Waals surface area contributed by atoms with Gasteiger partial charge < -0.3 is 10.0 Å². The van der Waals surface area contributed by atoms with Crippen LogP contribution in [0.15, 0.2) is 158 Å². The van der Waals surface area contributed by atoms with E-state index in [9.17, 15) is 35.4 Å². The molecule has 348 valence electrons. The summed E-state index contributed by atoms with van der Waals surface area (Å²) < 4.78 is 0. The second kappa shape index (κ2) is 29.0. The predicted molar refractivity (Wildman–Crippen MR) is 260 cm³/mol. The van der Waals surface area contributed by atoms with Gasteiger partial charge in [-0.3, -0.25) is 45.1 Å². The molecule has 0 radical (unpaired) electrons. The van der Waals surface area contributed by atoms with E-state index in [0.29, 0.717) is 19.1 Å². The Morgan fingerprint density at radius 1 is 0.545 bits per heavy atom. The van der Waals surface area contributed by atoms with Crippen molar-refractivity contribution in [1.82, 2.24) is 19.7 Å². The van der Waals surface area contributed by atoms with Crippen molar-refractivity contribution < 1.29 is 19.9 Å². The highest BCUT2D eigenvalue weighted by Gasteiger charge is 2.18. The van der Waals surface area contributed by atoms with Gasteiger partial charge in [-0.15, -0.1) is 0 Å². The minimum Gasteiger partial charge on any atom is -0.395 e. The number of nitro benzene ring substituents is 3. The van der Waals surface area contributed by atoms with E-state index in [-0.39, 0.29) is 33.5 Å². The fraction of sp³-hybridized carbons (Fsp3) is 0.327. The normalized spacial score (nSPS) is 11.3. The SMILES string of the molecule is CCCCC(CC)N(Cc1ccc([N+](=O)[O-])cc1)Cc1ccccn1.CN(CCc1ccccc1)Cc1ccc([N+](=O)[O-])cc1.O=[N+]([O-])c1ccc(CN(CCO)Cc2ccccc2)cc1. The van der Waals surface area contributed by atoms with Crippen LogP contribution in [-0.4, -0.2) is 72.3 Å². The molecule has 14 nitrogen and oxygen atoms in total. The molecule has 6 rings (SSSR count). The molecule has 0 aliphatic rings. The van der Waals surface area contributed by atoms with Crippen molar-refractivity contribution in [2.75, 3.05) is 26.7 Å². The van der Waals surface area contributed by atoms with Gasteiger partial charge in [0.1, 0.15) is 0 Å². The Morgan fingerprint density at radius 2 is 1.00 bits per heavy atom. The number of aromatic nitrogens is 1. The summed E-state index contributed by atoms with van der Waals surface area (Å²) in [6.07, 6.45) is 7.46. The van der Waals surface area contributed by atoms with E-state index in [1.807, 2.05) is 91.1 Å². The van der Waals surface area contributed by atoms with Crippen LogP contribution in [-0.2, 0) is 39.1 Å². The predicted octanol–water partition coefficient (Wildman–Crippen LogP) is 10.8. The molecule has 1 N–H and O–H groups in total. The zero-order chi connectivity index (χ0) is 47.5. The molecule has 0 aliphatic heterocycles. The van der Waals surface area contributed by atoms with E-state index >= 15 is 0 Å². The van der Waals surface area contributed by atoms with E-state index in [1.165, 1.54) is 36.1 Å². The average Bonchev–Trinajstić information content (AvgIpc) is 3.33. The Balaban J connectivity index is 0.000000218. The van der Waals surface area contributed by atoms with Crippen LogP contribution in [0.25, 0.3) is 0 Å². The van der Waals surface area contributed by atoms with Crippen molar-refractivity contribution in [3.8, 4) is 0 Å². The number of non-ortho nitro benzene ring substituents is 3. The summed E-state index contributed by atoms with van der Waals surface area (Å²) in [4.78, 5) is 42.2. The summed E-state index contributed by atoms with van der Waals surface area (Å²) in [5.74, 6) is 0. The van der Waals surface area contributed by atoms with Gasteiger partial charge in [0.05, 0.1) is 27.1 Å². The molecule has 1 aromatic heterocycles. The fourth-order valence-electron chi connectivity index (χ4n) is 7.31. The lowest BCUT2D eigenvalue weighted by atomic mass is 10.0. The number of likely N-dealkylation sites (N-methyl/N-ethyl adjacent to an activating group) is 1. The Bertz CT molecular complexity index is 2290. The zero-order valence-corrected chi connectivity index (χ0v) is 38.3. The lowest BCUT2D eigenvalue weighted by Crippen LogP contribution is -2.34. The van der Waals surface area contributed by atoms with Gasteiger partial charge >= 0.3 is 0 Å². The number of rotatable bonds is 23. The van der Waals surface area contributed by atoms with Crippen LogP contribution in [0.4, 0.5) is 17.1 Å². The standard InChI is InChI=1S/C20H27N3O2.C16H18N2O3.C16H18N2O2/c1-3-5-9-19(4-2)22(16-18-8-6-7-14-21-18)15-17-10-12-20(13-11-17)23(24)25;19-11-10-17(12-14-4-2-1-3-5-14)13-15-6-8-16(9-7-15)18(20)21;1-17(12-11-14-5-3-2-4-6-14)13-15-7-9-16(10-8-15)18(19)20/h6-8,10-14,19H,3-5,9,15-16H2,1-2H3;1-9,19H,10-13H2;2-10H,11-13H2,1H3. The molecule has 0 amide bonds. The topological polar surface area (TPSA) is 172 Å². The van der Waals surface area contributed by atoms with Gasteiger partial charge in [-0.25, -0.2) is 0 Å². The van der Waals surface area contributed by atoms with E-state index in [2.05, 4.69) is 58.8 Å². The van der Waals surface area contributed by atoms with Crippen LogP contribution >= 0.6 is 0 Å². The molecule has 14 heteroatoms. The first-order valence-corrected chi connectivity index (χ1v) is 22.4. The number of pyridine rings is 1. The molecule has 0 bridgehead atoms. The molecule has 0 aliphatic carbocycles. The van der Waals surface area contributed by atoms with E-state index in [1.54, 1.807) is 36.4 Å². The Labute approximate surface area is 388 Å². The van der Waals surface area contributed by atoms with Crippen LogP contribution in [0.5, 0.6) is 0 Å². The smallest absolute Gasteiger partial charge is 0.269 e. The van der Waals surface area contributed by atoms with E-state index in [4.69, 9.17) is 0 Å². The largest absolute Gasteiger partial charge is 0.395 e. The monoisotopic (exact) mass is 897 g/mol. The number of hydrogen-bond acceptors (Lipinski definition) is 11. The first-order chi connectivity index (χ1) is 32.0. The average molecular weight is 898 g/mol. The van der Waals surface area contributed by atoms with Crippen LogP contribution in [0.3, 0.4) is 0 Å². The molecule has 1 atom stereocenters. The summed E-state index contributed by atoms with van der Waals surface area (Å²) in [7, 11) is 2.06. The Hall–Kier alpha value is -6.71. The molecule has 0 spiro atoms. The molecule has 0 fully saturated rings. The third-order valence-electron chi connectivity index (χ3n) is 10.9. The number of aliphatic hydroxyl groups is 1. The molecule has 0 saturated carbocycles. The quantitative estimate of drug-likeness (QED) is 0.0479. The molecule has 6 aromatic rings. The summed E-state index contributed by atoms with van der Waals surface area (Å²) in [5.41, 5.74) is 7.09. The molecule has 1 heterocycles. The minimum absolute atomic E-state index is 0.0831. The maximum atomic E-state index is 10.8. The Morgan fingerprint density at radius 3 is 1.44 bits per heavy atom. The highest BCUT2D eigenvalue weighted by Crippen LogP contribution is 2.21. The van der Waals surface area contributed by atoms with Crippen molar-refractivity contribution in [3.63, 3.8) is 0 Å². The molecule has 66 heavy (non-hydrogen) atoms. The number of unbranched alkanes of at least 4 members (excludes halogenated alkanes) is 1. The van der Waals surface area contributed by atoms with Crippen molar-refractivity contribution in [2.24, 2.45) is 0 Å². The van der Waals surface area contributed by atoms with Crippen LogP contribution in [0.2, 0.25) is 0 Å². The van der Waals surface area contributed by atoms with Gasteiger partial charge in [-0.1, -0.05) is 130 Å². The number of nitro groups is 3. The van der Waals surface area contributed by atoms with E-state index < -0.39 is 4.92 Å². The molecule has 5 aromatic carbocycles. The molecular weight excluding hydrogens is 835 g/mol. The maximum Gasteiger partial charge on any atom is 0.269 e. The van der Waals surface area contributed by atoms with Gasteiger partial charge in [0.2, 0.25) is 0 Å². The highest BCUT2D eigenvalue weighted by atomic mass is 16.6. The van der Waals surface area contributed by atoms with Crippen LogP contribution < -0.4 is 0 Å². The summed E-state index contributed by atoms with van der Waals surface area (Å²) in [5, 5.41) is 41.2. The van der Waals surface area contributed by atoms with Crippen molar-refractivity contribution in [2.45, 2.75) is 84.7 Å². The highest BCUT2D eigenvalue weighted by molar-refractivity contribution is 5.34. The zero-order valence-electron chi connectivity index (χ0n) is 38.3. The third-order valence-corrected chi connectivity index (χ3v) is 10.9. The van der Waals surface area contributed by atoms with Gasteiger partial charge in [-0.05, 0) is 66.3 Å². The number of benzene rings is 5. The third kappa shape index (κ3) is 19.2. The van der Waals surface area contributed by atoms with Gasteiger partial charge in [0, 0.05) is 94.5 Å². The summed E-state index contributed by atoms with van der Waals surface area (Å²) in [6.45, 7) is 9.79. The van der Waals surface area contributed by atoms with Crippen molar-refractivity contribution in [3.05, 3.63) is 222 Å². The number of nitrogens with zero attached hydrogens (tertiary/aromatic N) is 7. The number of hydrogen-bond donors (Lipinski definition) is 1. The summed E-state index contributed by atoms with van der Waals surface area (Å²) in [6, 6.07) is 47.0. The van der Waals surface area contributed by atoms with Gasteiger partial charge in [0.25, 0.3) is 17.1 Å². The molecule has 1 unspecified atom stereocenters. The minimum atomic E-state index is -0.404.